The van der Waals surface area contributed by atoms with Crippen molar-refractivity contribution >= 4 is 35.3 Å². The molecule has 4 N–H and O–H groups in total. The minimum atomic E-state index is -0.987. The number of aliphatic hydroxyl groups is 1. The highest BCUT2D eigenvalue weighted by Gasteiger charge is 2.37. The van der Waals surface area contributed by atoms with E-state index in [0.717, 1.165) is 10.6 Å². The second-order valence-corrected chi connectivity index (χ2v) is 11.0. The van der Waals surface area contributed by atoms with Gasteiger partial charge in [-0.15, -0.1) is 11.8 Å². The Kier molecular flexibility index (Phi) is 9.34. The first kappa shape index (κ1) is 27.1. The number of hydrogen-bond acceptors (Lipinski definition) is 7. The van der Waals surface area contributed by atoms with Gasteiger partial charge in [-0.3, -0.25) is 14.4 Å². The second kappa shape index (κ2) is 11.4. The van der Waals surface area contributed by atoms with Crippen molar-refractivity contribution < 1.29 is 29.3 Å². The van der Waals surface area contributed by atoms with Gasteiger partial charge in [-0.05, 0) is 36.3 Å². The number of aliphatic carboxylic acids is 1. The molecule has 1 aromatic carbocycles. The van der Waals surface area contributed by atoms with Crippen molar-refractivity contribution in [2.45, 2.75) is 69.2 Å². The molecule has 1 amide bonds. The molecule has 184 valence electrons. The minimum absolute atomic E-state index is 0.0652. The number of fused-ring (bicyclic) bond motifs is 1. The third-order valence-corrected chi connectivity index (χ3v) is 7.29. The zero-order valence-electron chi connectivity index (χ0n) is 20.0. The van der Waals surface area contributed by atoms with Gasteiger partial charge in [0.2, 0.25) is 5.91 Å². The number of carboxylic acids is 1. The van der Waals surface area contributed by atoms with E-state index in [1.165, 1.54) is 18.9 Å². The van der Waals surface area contributed by atoms with Crippen LogP contribution in [0.2, 0.25) is 0 Å². The highest BCUT2D eigenvalue weighted by Crippen LogP contribution is 2.40. The zero-order chi connectivity index (χ0) is 24.9. The maximum atomic E-state index is 13.3. The molecule has 0 aliphatic carbocycles. The fraction of sp³-hybridized carbons (Fsp3) is 0.625. The van der Waals surface area contributed by atoms with Gasteiger partial charge in [0.25, 0.3) is 0 Å². The summed E-state index contributed by atoms with van der Waals surface area (Å²) in [5, 5.41) is 19.4. The lowest BCUT2D eigenvalue weighted by Gasteiger charge is -2.36. The number of para-hydroxylation sites is 1. The van der Waals surface area contributed by atoms with Crippen LogP contribution in [0.3, 0.4) is 0 Å². The summed E-state index contributed by atoms with van der Waals surface area (Å²) in [5.74, 6) is -2.29. The summed E-state index contributed by atoms with van der Waals surface area (Å²) in [6.07, 6.45) is -0.420. The Hall–Kier alpha value is -2.10. The number of esters is 1. The van der Waals surface area contributed by atoms with Crippen molar-refractivity contribution in [1.29, 1.82) is 0 Å². The number of ether oxygens (including phenoxy) is 1. The Morgan fingerprint density at radius 2 is 1.91 bits per heavy atom. The van der Waals surface area contributed by atoms with E-state index in [9.17, 15) is 24.6 Å². The molecular weight excluding hydrogens is 444 g/mol. The average Bonchev–Trinajstić information content (AvgIpc) is 2.74. The quantitative estimate of drug-likeness (QED) is 0.436. The number of carbonyl (C=O) groups excluding carboxylic acids is 2. The number of nitrogens with two attached hydrogens (primary N) is 1. The number of methoxy groups -OCH3 is 1. The lowest BCUT2D eigenvalue weighted by atomic mass is 9.79. The molecule has 1 aliphatic heterocycles. The van der Waals surface area contributed by atoms with Crippen molar-refractivity contribution in [2.24, 2.45) is 23.0 Å². The highest BCUT2D eigenvalue weighted by molar-refractivity contribution is 8.00. The predicted molar refractivity (Wildman–Crippen MR) is 128 cm³/mol. The molecule has 1 aliphatic rings. The number of hydrogen-bond donors (Lipinski definition) is 3. The molecule has 2 rings (SSSR count). The van der Waals surface area contributed by atoms with E-state index in [1.807, 2.05) is 38.1 Å². The number of nitrogens with zero attached hydrogens (tertiary/aromatic N) is 1. The van der Waals surface area contributed by atoms with Gasteiger partial charge in [0.15, 0.2) is 0 Å². The Morgan fingerprint density at radius 3 is 2.48 bits per heavy atom. The Labute approximate surface area is 199 Å². The lowest BCUT2D eigenvalue weighted by molar-refractivity contribution is -0.144. The monoisotopic (exact) mass is 480 g/mol. The van der Waals surface area contributed by atoms with E-state index >= 15 is 0 Å². The fourth-order valence-electron chi connectivity index (χ4n) is 4.17. The van der Waals surface area contributed by atoms with Crippen LogP contribution in [0.4, 0.5) is 5.69 Å². The standard InChI is InChI=1S/C24H36N2O6S/c1-14(2)15(22(29)30)10-18(27)16(25)11-24(3,4)12-21(28)26-13-20(23(31)32-5)33-19-9-7-6-8-17(19)26/h6-9,14-16,18,20,27H,10-13,25H2,1-5H3,(H,29,30)/t15?,16?,18?,20-/m0/s1. The Morgan fingerprint density at radius 1 is 1.27 bits per heavy atom. The van der Waals surface area contributed by atoms with Gasteiger partial charge in [-0.25, -0.2) is 0 Å². The molecule has 1 aromatic rings. The van der Waals surface area contributed by atoms with Crippen molar-refractivity contribution in [2.75, 3.05) is 18.6 Å². The molecular formula is C24H36N2O6S. The number of rotatable bonds is 10. The summed E-state index contributed by atoms with van der Waals surface area (Å²) >= 11 is 1.38. The molecule has 0 saturated heterocycles. The number of thioether (sulfide) groups is 1. The molecule has 0 spiro atoms. The summed E-state index contributed by atoms with van der Waals surface area (Å²) in [6, 6.07) is 6.78. The molecule has 9 heteroatoms. The van der Waals surface area contributed by atoms with Crippen LogP contribution in [0.5, 0.6) is 0 Å². The smallest absolute Gasteiger partial charge is 0.321 e. The van der Waals surface area contributed by atoms with Gasteiger partial charge in [-0.1, -0.05) is 39.8 Å². The number of amides is 1. The van der Waals surface area contributed by atoms with Crippen LogP contribution in [-0.2, 0) is 19.1 Å². The van der Waals surface area contributed by atoms with Gasteiger partial charge in [0, 0.05) is 23.9 Å². The predicted octanol–water partition coefficient (Wildman–Crippen LogP) is 2.91. The van der Waals surface area contributed by atoms with Crippen LogP contribution in [0.15, 0.2) is 29.2 Å². The van der Waals surface area contributed by atoms with Crippen molar-refractivity contribution in [3.8, 4) is 0 Å². The number of anilines is 1. The van der Waals surface area contributed by atoms with Gasteiger partial charge in [-0.2, -0.15) is 0 Å². The van der Waals surface area contributed by atoms with Crippen LogP contribution in [0.1, 0.15) is 47.0 Å². The molecule has 0 bridgehead atoms. The molecule has 4 atom stereocenters. The third-order valence-electron chi connectivity index (χ3n) is 6.07. The van der Waals surface area contributed by atoms with E-state index in [1.54, 1.807) is 18.7 Å². The zero-order valence-corrected chi connectivity index (χ0v) is 20.8. The first-order valence-electron chi connectivity index (χ1n) is 11.2. The van der Waals surface area contributed by atoms with Gasteiger partial charge >= 0.3 is 11.9 Å². The van der Waals surface area contributed by atoms with Crippen molar-refractivity contribution in [3.63, 3.8) is 0 Å². The molecule has 0 aromatic heterocycles. The third kappa shape index (κ3) is 7.19. The molecule has 0 saturated carbocycles. The van der Waals surface area contributed by atoms with E-state index in [0.29, 0.717) is 6.42 Å². The van der Waals surface area contributed by atoms with E-state index in [4.69, 9.17) is 10.5 Å². The average molecular weight is 481 g/mol. The van der Waals surface area contributed by atoms with Crippen molar-refractivity contribution in [1.82, 2.24) is 0 Å². The summed E-state index contributed by atoms with van der Waals surface area (Å²) in [5.41, 5.74) is 6.44. The molecule has 33 heavy (non-hydrogen) atoms. The number of benzene rings is 1. The number of carbonyl (C=O) groups is 3. The van der Waals surface area contributed by atoms with Crippen LogP contribution in [0, 0.1) is 17.3 Å². The van der Waals surface area contributed by atoms with Crippen LogP contribution in [-0.4, -0.2) is 59.1 Å². The van der Waals surface area contributed by atoms with Gasteiger partial charge < -0.3 is 25.6 Å². The Bertz CT molecular complexity index is 859. The van der Waals surface area contributed by atoms with Crippen LogP contribution in [0.25, 0.3) is 0 Å². The molecule has 8 nitrogen and oxygen atoms in total. The first-order valence-corrected chi connectivity index (χ1v) is 12.0. The molecule has 0 radical (unpaired) electrons. The van der Waals surface area contributed by atoms with E-state index in [2.05, 4.69) is 0 Å². The first-order chi connectivity index (χ1) is 15.4. The maximum absolute atomic E-state index is 13.3. The highest BCUT2D eigenvalue weighted by atomic mass is 32.2. The van der Waals surface area contributed by atoms with Crippen LogP contribution < -0.4 is 10.6 Å². The Balaban J connectivity index is 2.09. The van der Waals surface area contributed by atoms with E-state index < -0.39 is 34.7 Å². The molecule has 3 unspecified atom stereocenters. The fourth-order valence-corrected chi connectivity index (χ4v) is 5.35. The van der Waals surface area contributed by atoms with Crippen LogP contribution >= 0.6 is 11.8 Å². The normalized spacial score (nSPS) is 18.9. The molecule has 0 fully saturated rings. The maximum Gasteiger partial charge on any atom is 0.321 e. The van der Waals surface area contributed by atoms with Gasteiger partial charge in [0.05, 0.1) is 24.8 Å². The minimum Gasteiger partial charge on any atom is -0.481 e. The number of carboxylic acid groups (broad SMARTS) is 1. The second-order valence-electron chi connectivity index (χ2n) is 9.80. The summed E-state index contributed by atoms with van der Waals surface area (Å²) in [4.78, 5) is 39.4. The lowest BCUT2D eigenvalue weighted by Crippen LogP contribution is -2.45. The molecule has 1 heterocycles. The van der Waals surface area contributed by atoms with Gasteiger partial charge in [0.1, 0.15) is 5.25 Å². The summed E-state index contributed by atoms with van der Waals surface area (Å²) in [6.45, 7) is 7.62. The summed E-state index contributed by atoms with van der Waals surface area (Å²) in [7, 11) is 1.33. The van der Waals surface area contributed by atoms with E-state index in [-0.39, 0.29) is 37.2 Å². The number of aliphatic hydroxyl groups excluding tert-OH is 1. The SMILES string of the molecule is COC(=O)[C@@H]1CN(C(=O)CC(C)(C)CC(N)C(O)CC(C(=O)O)C(C)C)c2ccccc2S1. The topological polar surface area (TPSA) is 130 Å². The largest absolute Gasteiger partial charge is 0.481 e. The van der Waals surface area contributed by atoms with Crippen molar-refractivity contribution in [3.05, 3.63) is 24.3 Å². The summed E-state index contributed by atoms with van der Waals surface area (Å²) < 4.78 is 4.89.